The van der Waals surface area contributed by atoms with Gasteiger partial charge in [-0.3, -0.25) is 0 Å². The zero-order valence-electron chi connectivity index (χ0n) is 12.4. The molecular weight excluding hydrogens is 318 g/mol. The van der Waals surface area contributed by atoms with Crippen LogP contribution in [-0.4, -0.2) is 54.0 Å². The smallest absolute Gasteiger partial charge is 0.171 e. The molecule has 2 rings (SSSR count). The van der Waals surface area contributed by atoms with E-state index in [1.54, 1.807) is 0 Å². The molecule has 0 amide bonds. The van der Waals surface area contributed by atoms with E-state index in [0.717, 1.165) is 49.6 Å². The van der Waals surface area contributed by atoms with Crippen LogP contribution >= 0.6 is 15.9 Å². The first-order valence-corrected chi connectivity index (χ1v) is 8.48. The number of pyridine rings is 1. The van der Waals surface area contributed by atoms with E-state index in [4.69, 9.17) is 4.74 Å². The van der Waals surface area contributed by atoms with Crippen LogP contribution in [0.2, 0.25) is 0 Å². The summed E-state index contributed by atoms with van der Waals surface area (Å²) in [6.45, 7) is 9.53. The minimum Gasteiger partial charge on any atom is -0.487 e. The first-order chi connectivity index (χ1) is 9.70. The summed E-state index contributed by atoms with van der Waals surface area (Å²) in [6, 6.07) is 3.96. The highest BCUT2D eigenvalue weighted by molar-refractivity contribution is 9.09. The number of hydrogen-bond donors (Lipinski definition) is 0. The van der Waals surface area contributed by atoms with Crippen molar-refractivity contribution >= 4 is 21.7 Å². The van der Waals surface area contributed by atoms with Crippen LogP contribution in [0.1, 0.15) is 20.3 Å². The van der Waals surface area contributed by atoms with Crippen molar-refractivity contribution < 1.29 is 4.74 Å². The zero-order chi connectivity index (χ0) is 14.4. The molecule has 1 fully saturated rings. The summed E-state index contributed by atoms with van der Waals surface area (Å²) in [5.41, 5.74) is 0. The summed E-state index contributed by atoms with van der Waals surface area (Å²) in [4.78, 5) is 9.40. The Hall–Kier alpha value is -0.810. The maximum Gasteiger partial charge on any atom is 0.171 e. The van der Waals surface area contributed by atoms with Crippen molar-refractivity contribution in [3.63, 3.8) is 0 Å². The zero-order valence-corrected chi connectivity index (χ0v) is 14.0. The van der Waals surface area contributed by atoms with Gasteiger partial charge in [-0.05, 0) is 38.9 Å². The van der Waals surface area contributed by atoms with Crippen molar-refractivity contribution in [1.29, 1.82) is 0 Å². The molecule has 1 saturated heterocycles. The fraction of sp³-hybridized carbons (Fsp3) is 0.667. The van der Waals surface area contributed by atoms with E-state index >= 15 is 0 Å². The van der Waals surface area contributed by atoms with Crippen LogP contribution in [0.5, 0.6) is 5.75 Å². The molecule has 112 valence electrons. The summed E-state index contributed by atoms with van der Waals surface area (Å²) in [5, 5.41) is 1.04. The lowest BCUT2D eigenvalue weighted by Gasteiger charge is -2.25. The summed E-state index contributed by atoms with van der Waals surface area (Å²) >= 11 is 3.52. The molecule has 20 heavy (non-hydrogen) atoms. The van der Waals surface area contributed by atoms with Crippen molar-refractivity contribution in [2.45, 2.75) is 26.4 Å². The molecule has 1 aromatic rings. The second-order valence-corrected chi connectivity index (χ2v) is 6.16. The molecule has 0 saturated carbocycles. The molecule has 0 atom stereocenters. The van der Waals surface area contributed by atoms with Crippen molar-refractivity contribution in [2.24, 2.45) is 0 Å². The van der Waals surface area contributed by atoms with Gasteiger partial charge < -0.3 is 14.5 Å². The number of anilines is 1. The molecule has 0 radical (unpaired) electrons. The van der Waals surface area contributed by atoms with Crippen molar-refractivity contribution in [3.8, 4) is 5.75 Å². The highest BCUT2D eigenvalue weighted by atomic mass is 79.9. The lowest BCUT2D eigenvalue weighted by molar-refractivity contribution is 0.242. The molecule has 0 bridgehead atoms. The Labute approximate surface area is 130 Å². The first-order valence-electron chi connectivity index (χ1n) is 7.35. The molecule has 0 aliphatic carbocycles. The lowest BCUT2D eigenvalue weighted by Crippen LogP contribution is -2.32. The summed E-state index contributed by atoms with van der Waals surface area (Å²) in [5.74, 6) is 1.89. The Balaban J connectivity index is 2.07. The van der Waals surface area contributed by atoms with E-state index in [-0.39, 0.29) is 6.10 Å². The van der Waals surface area contributed by atoms with Gasteiger partial charge in [-0.25, -0.2) is 4.98 Å². The predicted octanol–water partition coefficient (Wildman–Crippen LogP) is 2.78. The monoisotopic (exact) mass is 341 g/mol. The summed E-state index contributed by atoms with van der Waals surface area (Å²) in [6.07, 6.45) is 3.20. The molecule has 1 aromatic heterocycles. The largest absolute Gasteiger partial charge is 0.487 e. The van der Waals surface area contributed by atoms with Gasteiger partial charge in [0.1, 0.15) is 0 Å². The third-order valence-corrected chi connectivity index (χ3v) is 3.76. The van der Waals surface area contributed by atoms with Gasteiger partial charge in [0.15, 0.2) is 11.6 Å². The highest BCUT2D eigenvalue weighted by Crippen LogP contribution is 2.27. The van der Waals surface area contributed by atoms with Crippen molar-refractivity contribution in [1.82, 2.24) is 9.88 Å². The van der Waals surface area contributed by atoms with Gasteiger partial charge in [0, 0.05) is 37.7 Å². The average molecular weight is 342 g/mol. The van der Waals surface area contributed by atoms with Crippen LogP contribution in [0.4, 0.5) is 5.82 Å². The van der Waals surface area contributed by atoms with Crippen LogP contribution in [0, 0.1) is 0 Å². The van der Waals surface area contributed by atoms with Gasteiger partial charge in [-0.2, -0.15) is 0 Å². The van der Waals surface area contributed by atoms with Crippen LogP contribution < -0.4 is 9.64 Å². The van der Waals surface area contributed by atoms with E-state index < -0.39 is 0 Å². The average Bonchev–Trinajstić information content (AvgIpc) is 2.65. The molecule has 4 nitrogen and oxygen atoms in total. The fourth-order valence-corrected chi connectivity index (χ4v) is 2.99. The molecule has 1 aliphatic heterocycles. The third kappa shape index (κ3) is 4.35. The minimum absolute atomic E-state index is 0.176. The standard InChI is InChI=1S/C15H24BrN3O/c1-13(2)20-14-5-3-7-17-15(14)19-9-4-8-18(10-6-16)11-12-19/h3,5,7,13H,4,6,8-12H2,1-2H3. The van der Waals surface area contributed by atoms with Gasteiger partial charge in [0.25, 0.3) is 0 Å². The number of ether oxygens (including phenoxy) is 1. The summed E-state index contributed by atoms with van der Waals surface area (Å²) in [7, 11) is 0. The number of alkyl halides is 1. The molecule has 0 unspecified atom stereocenters. The van der Waals surface area contributed by atoms with E-state index in [2.05, 4.69) is 44.6 Å². The van der Waals surface area contributed by atoms with E-state index in [1.165, 1.54) is 6.42 Å². The number of halogens is 1. The highest BCUT2D eigenvalue weighted by Gasteiger charge is 2.18. The Bertz CT molecular complexity index is 414. The third-order valence-electron chi connectivity index (χ3n) is 3.40. The van der Waals surface area contributed by atoms with E-state index in [1.807, 2.05) is 18.3 Å². The van der Waals surface area contributed by atoms with Crippen LogP contribution in [0.15, 0.2) is 18.3 Å². The molecule has 5 heteroatoms. The van der Waals surface area contributed by atoms with Crippen LogP contribution in [0.3, 0.4) is 0 Å². The number of hydrogen-bond acceptors (Lipinski definition) is 4. The lowest BCUT2D eigenvalue weighted by atomic mass is 10.3. The van der Waals surface area contributed by atoms with Gasteiger partial charge >= 0.3 is 0 Å². The predicted molar refractivity (Wildman–Crippen MR) is 87.1 cm³/mol. The fourth-order valence-electron chi connectivity index (χ4n) is 2.49. The van der Waals surface area contributed by atoms with E-state index in [9.17, 15) is 0 Å². The summed E-state index contributed by atoms with van der Waals surface area (Å²) < 4.78 is 5.89. The minimum atomic E-state index is 0.176. The molecule has 2 heterocycles. The quantitative estimate of drug-likeness (QED) is 0.770. The topological polar surface area (TPSA) is 28.6 Å². The molecule has 0 spiro atoms. The molecule has 0 aromatic carbocycles. The van der Waals surface area contributed by atoms with Crippen LogP contribution in [0.25, 0.3) is 0 Å². The molecule has 1 aliphatic rings. The number of rotatable bonds is 5. The van der Waals surface area contributed by atoms with E-state index in [0.29, 0.717) is 0 Å². The maximum absolute atomic E-state index is 5.89. The van der Waals surface area contributed by atoms with Gasteiger partial charge in [0.2, 0.25) is 0 Å². The van der Waals surface area contributed by atoms with Crippen molar-refractivity contribution in [2.75, 3.05) is 43.0 Å². The first kappa shape index (κ1) is 15.6. The number of aromatic nitrogens is 1. The van der Waals surface area contributed by atoms with Crippen molar-refractivity contribution in [3.05, 3.63) is 18.3 Å². The molecular formula is C15H24BrN3O. The SMILES string of the molecule is CC(C)Oc1cccnc1N1CCCN(CCBr)CC1. The Kier molecular flexibility index (Phi) is 6.10. The normalized spacial score (nSPS) is 17.3. The Morgan fingerprint density at radius 3 is 2.90 bits per heavy atom. The van der Waals surface area contributed by atoms with Gasteiger partial charge in [-0.1, -0.05) is 15.9 Å². The van der Waals surface area contributed by atoms with Gasteiger partial charge in [-0.15, -0.1) is 0 Å². The van der Waals surface area contributed by atoms with Crippen LogP contribution in [-0.2, 0) is 0 Å². The Morgan fingerprint density at radius 1 is 1.30 bits per heavy atom. The Morgan fingerprint density at radius 2 is 2.15 bits per heavy atom. The maximum atomic E-state index is 5.89. The number of nitrogens with zero attached hydrogens (tertiary/aromatic N) is 3. The molecule has 0 N–H and O–H groups in total. The second kappa shape index (κ2) is 7.84. The second-order valence-electron chi connectivity index (χ2n) is 5.36. The van der Waals surface area contributed by atoms with Gasteiger partial charge in [0.05, 0.1) is 6.10 Å².